The zero-order chi connectivity index (χ0) is 13.0. The van der Waals surface area contributed by atoms with Crippen LogP contribution in [0.15, 0.2) is 18.2 Å². The summed E-state index contributed by atoms with van der Waals surface area (Å²) in [5, 5.41) is 0. The molecule has 0 amide bonds. The first-order chi connectivity index (χ1) is 7.97. The average Bonchev–Trinajstić information content (AvgIpc) is 2.28. The lowest BCUT2D eigenvalue weighted by molar-refractivity contribution is -0.137. The van der Waals surface area contributed by atoms with Gasteiger partial charge in [-0.15, -0.1) is 0 Å². The molecule has 0 heterocycles. The highest BCUT2D eigenvalue weighted by Gasteiger charge is 2.19. The van der Waals surface area contributed by atoms with Gasteiger partial charge in [-0.1, -0.05) is 32.0 Å². The predicted octanol–water partition coefficient (Wildman–Crippen LogP) is 2.86. The maximum absolute atomic E-state index is 11.8. The smallest absolute Gasteiger partial charge is 0.379 e. The van der Waals surface area contributed by atoms with Crippen molar-refractivity contribution in [2.24, 2.45) is 0 Å². The van der Waals surface area contributed by atoms with Crippen molar-refractivity contribution in [2.75, 3.05) is 6.61 Å². The van der Waals surface area contributed by atoms with E-state index in [1.54, 1.807) is 13.0 Å². The molecule has 17 heavy (non-hydrogen) atoms. The summed E-state index contributed by atoms with van der Waals surface area (Å²) in [7, 11) is 0. The van der Waals surface area contributed by atoms with Gasteiger partial charge in [0.1, 0.15) is 0 Å². The second kappa shape index (κ2) is 5.62. The van der Waals surface area contributed by atoms with E-state index < -0.39 is 11.8 Å². The van der Waals surface area contributed by atoms with Crippen molar-refractivity contribution in [3.05, 3.63) is 34.9 Å². The molecule has 0 spiro atoms. The molecule has 0 unspecified atom stereocenters. The van der Waals surface area contributed by atoms with Crippen LogP contribution in [0, 0.1) is 6.92 Å². The quantitative estimate of drug-likeness (QED) is 0.457. The Bertz CT molecular complexity index is 433. The lowest BCUT2D eigenvalue weighted by atomic mass is 9.96. The van der Waals surface area contributed by atoms with Gasteiger partial charge in [-0.2, -0.15) is 0 Å². The molecular weight excluding hydrogens is 216 g/mol. The first-order valence-electron chi connectivity index (χ1n) is 5.79. The van der Waals surface area contributed by atoms with Gasteiger partial charge < -0.3 is 4.74 Å². The van der Waals surface area contributed by atoms with Gasteiger partial charge in [-0.3, -0.25) is 4.79 Å². The highest BCUT2D eigenvalue weighted by molar-refractivity contribution is 6.41. The molecule has 1 rings (SSSR count). The Hall–Kier alpha value is -1.64. The predicted molar refractivity (Wildman–Crippen MR) is 66.2 cm³/mol. The maximum Gasteiger partial charge on any atom is 0.379 e. The number of rotatable bonds is 4. The van der Waals surface area contributed by atoms with Crippen LogP contribution in [-0.2, 0) is 9.53 Å². The van der Waals surface area contributed by atoms with Crippen LogP contribution in [0.5, 0.6) is 0 Å². The molecule has 0 saturated carbocycles. The molecule has 0 aliphatic carbocycles. The standard InChI is InChI=1S/C14H18O3/c1-5-17-14(16)13(15)12-7-6-11(9(2)3)8-10(12)4/h6-9H,5H2,1-4H3. The van der Waals surface area contributed by atoms with Crippen molar-refractivity contribution < 1.29 is 14.3 Å². The molecule has 0 N–H and O–H groups in total. The van der Waals surface area contributed by atoms with Crippen molar-refractivity contribution in [1.29, 1.82) is 0 Å². The van der Waals surface area contributed by atoms with Crippen molar-refractivity contribution in [1.82, 2.24) is 0 Å². The molecule has 1 aromatic rings. The number of hydrogen-bond donors (Lipinski definition) is 0. The molecule has 1 aromatic carbocycles. The molecule has 92 valence electrons. The number of Topliss-reactive ketones (excluding diaryl/α,β-unsaturated/α-hetero) is 1. The summed E-state index contributed by atoms with van der Waals surface area (Å²) >= 11 is 0. The zero-order valence-corrected chi connectivity index (χ0v) is 10.7. The molecule has 0 aromatic heterocycles. The van der Waals surface area contributed by atoms with Crippen molar-refractivity contribution in [3.8, 4) is 0 Å². The summed E-state index contributed by atoms with van der Waals surface area (Å²) in [6.07, 6.45) is 0. The molecule has 3 heteroatoms. The lowest BCUT2D eigenvalue weighted by Crippen LogP contribution is -2.18. The van der Waals surface area contributed by atoms with Crippen LogP contribution in [0.4, 0.5) is 0 Å². The number of carbonyl (C=O) groups excluding carboxylic acids is 2. The van der Waals surface area contributed by atoms with Gasteiger partial charge in [0.15, 0.2) is 0 Å². The topological polar surface area (TPSA) is 43.4 Å². The number of ether oxygens (including phenoxy) is 1. The summed E-state index contributed by atoms with van der Waals surface area (Å²) in [5.41, 5.74) is 2.39. The zero-order valence-electron chi connectivity index (χ0n) is 10.7. The monoisotopic (exact) mass is 234 g/mol. The van der Waals surface area contributed by atoms with Crippen LogP contribution in [0.2, 0.25) is 0 Å². The SMILES string of the molecule is CCOC(=O)C(=O)c1ccc(C(C)C)cc1C. The minimum Gasteiger partial charge on any atom is -0.460 e. The Morgan fingerprint density at radius 1 is 1.29 bits per heavy atom. The average molecular weight is 234 g/mol. The van der Waals surface area contributed by atoms with Crippen LogP contribution in [-0.4, -0.2) is 18.4 Å². The van der Waals surface area contributed by atoms with Gasteiger partial charge in [0, 0.05) is 5.56 Å². The molecule has 0 fully saturated rings. The maximum atomic E-state index is 11.8. The van der Waals surface area contributed by atoms with E-state index in [2.05, 4.69) is 13.8 Å². The van der Waals surface area contributed by atoms with Gasteiger partial charge >= 0.3 is 5.97 Å². The van der Waals surface area contributed by atoms with E-state index in [0.29, 0.717) is 11.5 Å². The highest BCUT2D eigenvalue weighted by Crippen LogP contribution is 2.19. The second-order valence-corrected chi connectivity index (χ2v) is 4.28. The third kappa shape index (κ3) is 3.16. The highest BCUT2D eigenvalue weighted by atomic mass is 16.5. The van der Waals surface area contributed by atoms with Crippen LogP contribution in [0.3, 0.4) is 0 Å². The number of esters is 1. The van der Waals surface area contributed by atoms with E-state index in [1.807, 2.05) is 19.1 Å². The molecule has 0 aliphatic heterocycles. The molecule has 0 atom stereocenters. The fourth-order valence-electron chi connectivity index (χ4n) is 1.61. The first kappa shape index (κ1) is 13.4. The molecule has 0 aliphatic rings. The van der Waals surface area contributed by atoms with Crippen LogP contribution < -0.4 is 0 Å². The van der Waals surface area contributed by atoms with E-state index in [-0.39, 0.29) is 6.61 Å². The van der Waals surface area contributed by atoms with Gasteiger partial charge in [-0.25, -0.2) is 4.79 Å². The largest absolute Gasteiger partial charge is 0.460 e. The molecule has 3 nitrogen and oxygen atoms in total. The fourth-order valence-corrected chi connectivity index (χ4v) is 1.61. The van der Waals surface area contributed by atoms with E-state index in [9.17, 15) is 9.59 Å². The van der Waals surface area contributed by atoms with E-state index in [4.69, 9.17) is 4.74 Å². The van der Waals surface area contributed by atoms with Gasteiger partial charge in [0.05, 0.1) is 6.61 Å². The second-order valence-electron chi connectivity index (χ2n) is 4.28. The lowest BCUT2D eigenvalue weighted by Gasteiger charge is -2.09. The number of aryl methyl sites for hydroxylation is 1. The Labute approximate surface area is 102 Å². The van der Waals surface area contributed by atoms with Gasteiger partial charge in [0.25, 0.3) is 5.78 Å². The first-order valence-corrected chi connectivity index (χ1v) is 5.79. The summed E-state index contributed by atoms with van der Waals surface area (Å²) in [6, 6.07) is 5.52. The Morgan fingerprint density at radius 3 is 2.41 bits per heavy atom. The van der Waals surface area contributed by atoms with E-state index in [1.165, 1.54) is 0 Å². The fraction of sp³-hybridized carbons (Fsp3) is 0.429. The van der Waals surface area contributed by atoms with Crippen molar-refractivity contribution >= 4 is 11.8 Å². The third-order valence-corrected chi connectivity index (χ3v) is 2.62. The van der Waals surface area contributed by atoms with Crippen LogP contribution in [0.1, 0.15) is 48.2 Å². The van der Waals surface area contributed by atoms with Crippen LogP contribution >= 0.6 is 0 Å². The Kier molecular flexibility index (Phi) is 4.44. The molecule has 0 saturated heterocycles. The Balaban J connectivity index is 3.00. The number of ketones is 1. The summed E-state index contributed by atoms with van der Waals surface area (Å²) in [6.45, 7) is 7.90. The number of carbonyl (C=O) groups is 2. The minimum atomic E-state index is -0.784. The van der Waals surface area contributed by atoms with Gasteiger partial charge in [0.2, 0.25) is 0 Å². The third-order valence-electron chi connectivity index (χ3n) is 2.62. The van der Waals surface area contributed by atoms with E-state index >= 15 is 0 Å². The molecule has 0 bridgehead atoms. The van der Waals surface area contributed by atoms with Gasteiger partial charge in [-0.05, 0) is 30.9 Å². The van der Waals surface area contributed by atoms with Crippen molar-refractivity contribution in [2.45, 2.75) is 33.6 Å². The molecular formula is C14H18O3. The minimum absolute atomic E-state index is 0.216. The van der Waals surface area contributed by atoms with E-state index in [0.717, 1.165) is 11.1 Å². The number of hydrogen-bond acceptors (Lipinski definition) is 3. The normalized spacial score (nSPS) is 10.4. The summed E-state index contributed by atoms with van der Waals surface area (Å²) in [4.78, 5) is 23.1. The summed E-state index contributed by atoms with van der Waals surface area (Å²) < 4.78 is 4.70. The van der Waals surface area contributed by atoms with Crippen LogP contribution in [0.25, 0.3) is 0 Å². The van der Waals surface area contributed by atoms with Crippen molar-refractivity contribution in [3.63, 3.8) is 0 Å². The molecule has 0 radical (unpaired) electrons. The summed E-state index contributed by atoms with van der Waals surface area (Å²) in [5.74, 6) is -0.951. The Morgan fingerprint density at radius 2 is 1.94 bits per heavy atom. The number of benzene rings is 1.